The Morgan fingerprint density at radius 1 is 1.27 bits per heavy atom. The molecule has 1 nitrogen and oxygen atoms in total. The highest BCUT2D eigenvalue weighted by Crippen LogP contribution is 2.25. The van der Waals surface area contributed by atoms with Gasteiger partial charge in [0.05, 0.1) is 22.0 Å². The van der Waals surface area contributed by atoms with Crippen LogP contribution in [0.25, 0.3) is 0 Å². The van der Waals surface area contributed by atoms with Crippen LogP contribution in [0.4, 0.5) is 0 Å². The molecule has 0 saturated carbocycles. The number of nitriles is 1. The van der Waals surface area contributed by atoms with Crippen molar-refractivity contribution in [2.75, 3.05) is 0 Å². The monoisotopic (exact) mass is 241 g/mol. The maximum absolute atomic E-state index is 8.97. The van der Waals surface area contributed by atoms with Crippen molar-refractivity contribution in [3.8, 4) is 6.07 Å². The Morgan fingerprint density at radius 2 is 1.93 bits per heavy atom. The molecule has 0 aromatic heterocycles. The van der Waals surface area contributed by atoms with Gasteiger partial charge in [-0.1, -0.05) is 43.1 Å². The van der Waals surface area contributed by atoms with Gasteiger partial charge >= 0.3 is 0 Å². The van der Waals surface area contributed by atoms with Crippen LogP contribution >= 0.6 is 23.2 Å². The first kappa shape index (κ1) is 12.4. The van der Waals surface area contributed by atoms with Crippen molar-refractivity contribution < 1.29 is 0 Å². The van der Waals surface area contributed by atoms with Crippen LogP contribution in [0.3, 0.4) is 0 Å². The van der Waals surface area contributed by atoms with Crippen LogP contribution < -0.4 is 0 Å². The molecular formula is C12H13Cl2N. The van der Waals surface area contributed by atoms with Crippen LogP contribution in [0.2, 0.25) is 10.0 Å². The lowest BCUT2D eigenvalue weighted by atomic mass is 9.91. The number of nitrogens with zero attached hydrogens (tertiary/aromatic N) is 1. The Kier molecular flexibility index (Phi) is 4.45. The summed E-state index contributed by atoms with van der Waals surface area (Å²) in [4.78, 5) is 0. The van der Waals surface area contributed by atoms with E-state index < -0.39 is 0 Å². The Labute approximate surface area is 101 Å². The van der Waals surface area contributed by atoms with Gasteiger partial charge in [0.2, 0.25) is 0 Å². The van der Waals surface area contributed by atoms with Crippen molar-refractivity contribution in [1.82, 2.24) is 0 Å². The minimum absolute atomic E-state index is 0.0299. The number of halogens is 2. The average molecular weight is 242 g/mol. The van der Waals surface area contributed by atoms with Gasteiger partial charge in [0, 0.05) is 0 Å². The molecule has 1 aromatic rings. The normalized spacial score (nSPS) is 12.5. The summed E-state index contributed by atoms with van der Waals surface area (Å²) >= 11 is 11.7. The second-order valence-electron chi connectivity index (χ2n) is 3.93. The first-order valence-corrected chi connectivity index (χ1v) is 5.63. The number of hydrogen-bond acceptors (Lipinski definition) is 1. The standard InChI is InChI=1S/C12H13Cl2N/c1-8(2)10(7-15)5-9-3-4-11(13)12(14)6-9/h3-4,6,8,10H,5H2,1-2H3. The Hall–Kier alpha value is -0.710. The molecule has 3 heteroatoms. The fourth-order valence-electron chi connectivity index (χ4n) is 1.35. The van der Waals surface area contributed by atoms with Gasteiger partial charge in [0.1, 0.15) is 0 Å². The maximum atomic E-state index is 8.97. The van der Waals surface area contributed by atoms with E-state index in [2.05, 4.69) is 6.07 Å². The molecule has 0 saturated heterocycles. The molecule has 0 N–H and O–H groups in total. The van der Waals surface area contributed by atoms with Crippen molar-refractivity contribution >= 4 is 23.2 Å². The van der Waals surface area contributed by atoms with E-state index in [0.29, 0.717) is 16.0 Å². The van der Waals surface area contributed by atoms with E-state index in [0.717, 1.165) is 12.0 Å². The molecule has 1 rings (SSSR count). The van der Waals surface area contributed by atoms with Crippen LogP contribution in [0.5, 0.6) is 0 Å². The zero-order valence-corrected chi connectivity index (χ0v) is 10.3. The molecule has 1 aromatic carbocycles. The number of rotatable bonds is 3. The smallest absolute Gasteiger partial charge is 0.0661 e. The minimum Gasteiger partial charge on any atom is -0.198 e. The van der Waals surface area contributed by atoms with E-state index in [4.69, 9.17) is 28.5 Å². The first-order chi connectivity index (χ1) is 7.04. The van der Waals surface area contributed by atoms with Gasteiger partial charge in [-0.25, -0.2) is 0 Å². The second-order valence-corrected chi connectivity index (χ2v) is 4.75. The largest absolute Gasteiger partial charge is 0.198 e. The molecule has 0 aliphatic heterocycles. The van der Waals surface area contributed by atoms with Gasteiger partial charge in [-0.3, -0.25) is 0 Å². The van der Waals surface area contributed by atoms with Gasteiger partial charge in [-0.2, -0.15) is 5.26 Å². The summed E-state index contributed by atoms with van der Waals surface area (Å²) in [5.41, 5.74) is 1.06. The van der Waals surface area contributed by atoms with Crippen LogP contribution in [0, 0.1) is 23.2 Å². The number of benzene rings is 1. The third-order valence-corrected chi connectivity index (χ3v) is 3.15. The van der Waals surface area contributed by atoms with Crippen LogP contribution in [0.1, 0.15) is 19.4 Å². The van der Waals surface area contributed by atoms with Crippen molar-refractivity contribution in [1.29, 1.82) is 5.26 Å². The molecular weight excluding hydrogens is 229 g/mol. The summed E-state index contributed by atoms with van der Waals surface area (Å²) in [7, 11) is 0. The zero-order chi connectivity index (χ0) is 11.4. The van der Waals surface area contributed by atoms with E-state index in [1.54, 1.807) is 6.07 Å². The highest BCUT2D eigenvalue weighted by Gasteiger charge is 2.13. The Balaban J connectivity index is 2.81. The minimum atomic E-state index is 0.0299. The molecule has 1 unspecified atom stereocenters. The zero-order valence-electron chi connectivity index (χ0n) is 8.80. The van der Waals surface area contributed by atoms with E-state index in [-0.39, 0.29) is 5.92 Å². The van der Waals surface area contributed by atoms with Crippen LogP contribution in [-0.2, 0) is 6.42 Å². The predicted molar refractivity (Wildman–Crippen MR) is 64.1 cm³/mol. The molecule has 0 spiro atoms. The van der Waals surface area contributed by atoms with E-state index >= 15 is 0 Å². The second kappa shape index (κ2) is 5.39. The summed E-state index contributed by atoms with van der Waals surface area (Å²) in [6, 6.07) is 7.83. The lowest BCUT2D eigenvalue weighted by Gasteiger charge is -2.12. The molecule has 0 bridgehead atoms. The van der Waals surface area contributed by atoms with E-state index in [9.17, 15) is 0 Å². The molecule has 0 radical (unpaired) electrons. The average Bonchev–Trinajstić information content (AvgIpc) is 2.19. The Bertz CT molecular complexity index is 380. The molecule has 15 heavy (non-hydrogen) atoms. The van der Waals surface area contributed by atoms with Crippen LogP contribution in [-0.4, -0.2) is 0 Å². The lowest BCUT2D eigenvalue weighted by Crippen LogP contribution is -2.09. The molecule has 80 valence electrons. The Morgan fingerprint density at radius 3 is 2.40 bits per heavy atom. The third kappa shape index (κ3) is 3.41. The van der Waals surface area contributed by atoms with Gasteiger partial charge in [0.25, 0.3) is 0 Å². The van der Waals surface area contributed by atoms with Gasteiger partial charge in [-0.15, -0.1) is 0 Å². The maximum Gasteiger partial charge on any atom is 0.0661 e. The fraction of sp³-hybridized carbons (Fsp3) is 0.417. The summed E-state index contributed by atoms with van der Waals surface area (Å²) in [5.74, 6) is 0.381. The summed E-state index contributed by atoms with van der Waals surface area (Å²) in [6.07, 6.45) is 0.727. The molecule has 0 aliphatic rings. The van der Waals surface area contributed by atoms with E-state index in [1.807, 2.05) is 26.0 Å². The highest BCUT2D eigenvalue weighted by molar-refractivity contribution is 6.42. The SMILES string of the molecule is CC(C)C(C#N)Cc1ccc(Cl)c(Cl)c1. The lowest BCUT2D eigenvalue weighted by molar-refractivity contribution is 0.474. The fourth-order valence-corrected chi connectivity index (χ4v) is 1.67. The van der Waals surface area contributed by atoms with E-state index in [1.165, 1.54) is 0 Å². The summed E-state index contributed by atoms with van der Waals surface area (Å²) in [6.45, 7) is 4.09. The van der Waals surface area contributed by atoms with Crippen LogP contribution in [0.15, 0.2) is 18.2 Å². The van der Waals surface area contributed by atoms with Gasteiger partial charge in [0.15, 0.2) is 0 Å². The molecule has 0 aliphatic carbocycles. The third-order valence-electron chi connectivity index (χ3n) is 2.41. The summed E-state index contributed by atoms with van der Waals surface area (Å²) in [5, 5.41) is 10.1. The topological polar surface area (TPSA) is 23.8 Å². The molecule has 0 heterocycles. The van der Waals surface area contributed by atoms with Crippen molar-refractivity contribution in [3.05, 3.63) is 33.8 Å². The predicted octanol–water partition coefficient (Wildman–Crippen LogP) is 4.33. The summed E-state index contributed by atoms with van der Waals surface area (Å²) < 4.78 is 0. The molecule has 0 amide bonds. The first-order valence-electron chi connectivity index (χ1n) is 4.88. The number of hydrogen-bond donors (Lipinski definition) is 0. The van der Waals surface area contributed by atoms with Crippen molar-refractivity contribution in [2.24, 2.45) is 11.8 Å². The molecule has 1 atom stereocenters. The van der Waals surface area contributed by atoms with Crippen molar-refractivity contribution in [2.45, 2.75) is 20.3 Å². The highest BCUT2D eigenvalue weighted by atomic mass is 35.5. The van der Waals surface area contributed by atoms with Gasteiger partial charge in [-0.05, 0) is 30.0 Å². The quantitative estimate of drug-likeness (QED) is 0.773. The van der Waals surface area contributed by atoms with Crippen molar-refractivity contribution in [3.63, 3.8) is 0 Å². The van der Waals surface area contributed by atoms with Gasteiger partial charge < -0.3 is 0 Å². The molecule has 0 fully saturated rings.